The van der Waals surface area contributed by atoms with Crippen LogP contribution in [0.4, 0.5) is 4.79 Å². The summed E-state index contributed by atoms with van der Waals surface area (Å²) in [5.74, 6) is -0.332. The molecule has 0 saturated carbocycles. The quantitative estimate of drug-likeness (QED) is 0.0363. The Labute approximate surface area is 464 Å². The number of carbonyl (C=O) groups is 8. The monoisotopic (exact) mass is 1100 g/mol. The van der Waals surface area contributed by atoms with Crippen LogP contribution in [0.5, 0.6) is 0 Å². The molecule has 77 heavy (non-hydrogen) atoms. The third-order valence-corrected chi connectivity index (χ3v) is 15.8. The largest absolute Gasteiger partial charge is 0.356 e. The lowest BCUT2D eigenvalue weighted by Gasteiger charge is -2.32. The van der Waals surface area contributed by atoms with E-state index in [0.29, 0.717) is 122 Å². The first-order valence-electron chi connectivity index (χ1n) is 29.0. The fourth-order valence-electron chi connectivity index (χ4n) is 9.66. The summed E-state index contributed by atoms with van der Waals surface area (Å²) in [6, 6.07) is 9.72. The van der Waals surface area contributed by atoms with Crippen molar-refractivity contribution in [2.24, 2.45) is 22.9 Å². The van der Waals surface area contributed by atoms with Crippen LogP contribution in [0.25, 0.3) is 0 Å². The second-order valence-electron chi connectivity index (χ2n) is 20.6. The maximum absolute atomic E-state index is 14.3. The van der Waals surface area contributed by atoms with Gasteiger partial charge in [-0.2, -0.15) is 11.8 Å². The molecule has 1 aromatic carbocycles. The van der Waals surface area contributed by atoms with E-state index in [0.717, 1.165) is 81.9 Å². The lowest BCUT2D eigenvalue weighted by atomic mass is 10.0. The molecule has 2 saturated heterocycles. The molecule has 1 unspecified atom stereocenters. The lowest BCUT2D eigenvalue weighted by molar-refractivity contribution is -0.147. The van der Waals surface area contributed by atoms with E-state index >= 15 is 0 Å². The first-order chi connectivity index (χ1) is 37.3. The van der Waals surface area contributed by atoms with E-state index in [2.05, 4.69) is 16.0 Å². The minimum absolute atomic E-state index is 0.0563. The van der Waals surface area contributed by atoms with E-state index < -0.39 is 11.8 Å². The van der Waals surface area contributed by atoms with Crippen molar-refractivity contribution in [2.45, 2.75) is 172 Å². The zero-order valence-electron chi connectivity index (χ0n) is 46.7. The van der Waals surface area contributed by atoms with Crippen molar-refractivity contribution < 1.29 is 38.4 Å². The molecule has 2 aliphatic rings. The van der Waals surface area contributed by atoms with Crippen LogP contribution in [-0.2, 0) is 40.1 Å². The number of likely N-dealkylation sites (N-methyl/N-ethyl adjacent to an activating group) is 1. The molecule has 11 N–H and O–H groups in total. The third kappa shape index (κ3) is 27.6. The van der Waals surface area contributed by atoms with Crippen LogP contribution in [0.1, 0.15) is 154 Å². The van der Waals surface area contributed by atoms with Crippen LogP contribution in [0.3, 0.4) is 0 Å². The first kappa shape index (κ1) is 66.4. The van der Waals surface area contributed by atoms with Gasteiger partial charge in [0, 0.05) is 82.5 Å². The van der Waals surface area contributed by atoms with Crippen molar-refractivity contribution in [2.75, 3.05) is 97.4 Å². The van der Waals surface area contributed by atoms with Gasteiger partial charge in [0.2, 0.25) is 35.4 Å². The van der Waals surface area contributed by atoms with Crippen LogP contribution in [0.2, 0.25) is 0 Å². The number of nitrogens with zero attached hydrogens (tertiary/aromatic N) is 5. The molecule has 436 valence electrons. The second-order valence-corrected chi connectivity index (χ2v) is 21.9. The van der Waals surface area contributed by atoms with Gasteiger partial charge in [0.1, 0.15) is 12.3 Å². The number of ketones is 1. The van der Waals surface area contributed by atoms with Gasteiger partial charge in [-0.15, -0.1) is 0 Å². The fraction of sp³-hybridized carbons (Fsp3) is 0.750. The SMILES string of the molecule is CCN(CCCCN)C(=O)CN(Cc1ccccc1)C(=O)CN(CCCCN)C(=O)CN(CCCCN)C(=O)CN(CCCCN)C(=O)CCCCCCC(=O)CCCCCNC(=O)CCCCC1SC[C@@H]2NC(=O)N[C@H]12. The number of carbonyl (C=O) groups excluding carboxylic acids is 8. The average Bonchev–Trinajstić information content (AvgIpc) is 3.98. The zero-order valence-corrected chi connectivity index (χ0v) is 47.5. The number of rotatable bonds is 45. The number of urea groups is 1. The Morgan fingerprint density at radius 2 is 1.00 bits per heavy atom. The van der Waals surface area contributed by atoms with Crippen molar-refractivity contribution in [1.29, 1.82) is 0 Å². The molecular formula is C56H98N12O8S. The van der Waals surface area contributed by atoms with Gasteiger partial charge in [0.05, 0.1) is 31.7 Å². The highest BCUT2D eigenvalue weighted by Crippen LogP contribution is 2.33. The molecule has 3 atom stereocenters. The molecule has 21 heteroatoms. The summed E-state index contributed by atoms with van der Waals surface area (Å²) in [6.07, 6.45) is 15.0. The number of amides is 8. The molecule has 1 aromatic rings. The van der Waals surface area contributed by atoms with Gasteiger partial charge in [-0.25, -0.2) is 4.79 Å². The molecule has 20 nitrogen and oxygen atoms in total. The highest BCUT2D eigenvalue weighted by molar-refractivity contribution is 8.00. The van der Waals surface area contributed by atoms with Crippen LogP contribution in [0, 0.1) is 0 Å². The highest BCUT2D eigenvalue weighted by Gasteiger charge is 2.42. The van der Waals surface area contributed by atoms with Crippen molar-refractivity contribution in [1.82, 2.24) is 40.4 Å². The second kappa shape index (κ2) is 40.4. The van der Waals surface area contributed by atoms with Crippen molar-refractivity contribution >= 4 is 59.0 Å². The normalized spacial score (nSPS) is 15.5. The predicted octanol–water partition coefficient (Wildman–Crippen LogP) is 3.62. The summed E-state index contributed by atoms with van der Waals surface area (Å²) in [4.78, 5) is 114. The van der Waals surface area contributed by atoms with Gasteiger partial charge >= 0.3 is 6.03 Å². The van der Waals surface area contributed by atoms with Crippen LogP contribution >= 0.6 is 11.8 Å². The minimum Gasteiger partial charge on any atom is -0.356 e. The van der Waals surface area contributed by atoms with E-state index in [1.165, 1.54) is 14.7 Å². The maximum atomic E-state index is 14.3. The molecule has 0 aliphatic carbocycles. The molecule has 0 spiro atoms. The number of nitrogens with two attached hydrogens (primary N) is 4. The molecule has 2 heterocycles. The van der Waals surface area contributed by atoms with Gasteiger partial charge in [0.15, 0.2) is 0 Å². The van der Waals surface area contributed by atoms with E-state index in [1.54, 1.807) is 9.80 Å². The number of nitrogens with one attached hydrogen (secondary N) is 3. The predicted molar refractivity (Wildman–Crippen MR) is 305 cm³/mol. The third-order valence-electron chi connectivity index (χ3n) is 14.3. The molecule has 2 fully saturated rings. The van der Waals surface area contributed by atoms with Gasteiger partial charge in [-0.05, 0) is 129 Å². The van der Waals surface area contributed by atoms with Crippen molar-refractivity contribution in [3.05, 3.63) is 35.9 Å². The van der Waals surface area contributed by atoms with Gasteiger partial charge in [0.25, 0.3) is 0 Å². The number of thioether (sulfide) groups is 1. The maximum Gasteiger partial charge on any atom is 0.315 e. The number of hydrogen-bond donors (Lipinski definition) is 7. The zero-order chi connectivity index (χ0) is 56.0. The number of hydrogen-bond acceptors (Lipinski definition) is 13. The number of unbranched alkanes of at least 4 members (excludes halogenated alkanes) is 10. The smallest absolute Gasteiger partial charge is 0.315 e. The molecular weight excluding hydrogens is 1000 g/mol. The lowest BCUT2D eigenvalue weighted by Crippen LogP contribution is -2.51. The Hall–Kier alpha value is -4.83. The van der Waals surface area contributed by atoms with Gasteiger partial charge in [-0.3, -0.25) is 33.6 Å². The summed E-state index contributed by atoms with van der Waals surface area (Å²) in [5.41, 5.74) is 24.0. The Morgan fingerprint density at radius 1 is 0.532 bits per heavy atom. The minimum atomic E-state index is -0.421. The van der Waals surface area contributed by atoms with Crippen molar-refractivity contribution in [3.8, 4) is 0 Å². The standard InChI is InChI=1S/C56H98N12O8S/c1-2-64(35-19-14-30-57)51(72)43-68(39-45-23-7-5-8-24-45)54(75)42-67(38-22-17-33-60)53(74)41-66(37-21-16-32-59)52(73)40-65(36-20-15-31-58)50(71)29-11-4-3-9-25-46(69)26-10-6-18-34-61-49(70)28-13-12-27-48-55-47(44-77-48)62-56(76)63-55/h5,7-8,23-24,47-48,55H,2-4,6,9-22,25-44,57-60H2,1H3,(H,61,70)(H2,62,63,76)/t47-,48?,55-/m0/s1. The molecule has 2 aliphatic heterocycles. The summed E-state index contributed by atoms with van der Waals surface area (Å²) in [7, 11) is 0. The van der Waals surface area contributed by atoms with E-state index in [4.69, 9.17) is 22.9 Å². The Balaban J connectivity index is 1.47. The number of Topliss-reactive ketones (excluding diaryl/α,β-unsaturated/α-hetero) is 1. The molecule has 8 amide bonds. The van der Waals surface area contributed by atoms with Gasteiger partial charge < -0.3 is 63.4 Å². The highest BCUT2D eigenvalue weighted by atomic mass is 32.2. The van der Waals surface area contributed by atoms with E-state index in [9.17, 15) is 38.4 Å². The molecule has 0 aromatic heterocycles. The number of benzene rings is 1. The summed E-state index contributed by atoms with van der Waals surface area (Å²) in [6.45, 7) is 5.30. The topological polar surface area (TPSA) is 293 Å². The summed E-state index contributed by atoms with van der Waals surface area (Å²) < 4.78 is 0. The Bertz CT molecular complexity index is 1900. The summed E-state index contributed by atoms with van der Waals surface area (Å²) in [5, 5.41) is 9.38. The van der Waals surface area contributed by atoms with Crippen LogP contribution < -0.4 is 38.9 Å². The Kier molecular flexibility index (Phi) is 34.8. The Morgan fingerprint density at radius 3 is 1.55 bits per heavy atom. The van der Waals surface area contributed by atoms with E-state index in [1.807, 2.05) is 49.0 Å². The van der Waals surface area contributed by atoms with Crippen LogP contribution in [0.15, 0.2) is 30.3 Å². The first-order valence-corrected chi connectivity index (χ1v) is 30.1. The van der Waals surface area contributed by atoms with E-state index in [-0.39, 0.29) is 99.8 Å². The molecule has 0 radical (unpaired) electrons. The van der Waals surface area contributed by atoms with Gasteiger partial charge in [-0.1, -0.05) is 56.0 Å². The number of fused-ring (bicyclic) bond motifs is 1. The average molecular weight is 1100 g/mol. The molecule has 0 bridgehead atoms. The fourth-order valence-corrected chi connectivity index (χ4v) is 11.2. The van der Waals surface area contributed by atoms with Crippen molar-refractivity contribution in [3.63, 3.8) is 0 Å². The van der Waals surface area contributed by atoms with Crippen LogP contribution in [-0.4, -0.2) is 186 Å². The summed E-state index contributed by atoms with van der Waals surface area (Å²) >= 11 is 1.89. The molecule has 3 rings (SSSR count).